The van der Waals surface area contributed by atoms with Crippen LogP contribution in [0, 0.1) is 0 Å². The molecule has 5 heteroatoms. The fourth-order valence-electron chi connectivity index (χ4n) is 1.66. The van der Waals surface area contributed by atoms with E-state index in [-0.39, 0.29) is 5.91 Å². The maximum absolute atomic E-state index is 12.4. The summed E-state index contributed by atoms with van der Waals surface area (Å²) in [5.41, 5.74) is 7.50. The fraction of sp³-hybridized carbons (Fsp3) is 0.0714. The van der Waals surface area contributed by atoms with Gasteiger partial charge in [-0.05, 0) is 42.5 Å². The molecule has 0 aliphatic rings. The van der Waals surface area contributed by atoms with Gasteiger partial charge < -0.3 is 10.6 Å². The van der Waals surface area contributed by atoms with Crippen molar-refractivity contribution in [3.63, 3.8) is 0 Å². The van der Waals surface area contributed by atoms with Crippen LogP contribution < -0.4 is 10.6 Å². The molecule has 3 nitrogen and oxygen atoms in total. The van der Waals surface area contributed by atoms with Crippen molar-refractivity contribution in [2.75, 3.05) is 17.7 Å². The number of hydrogen-bond donors (Lipinski definition) is 1. The second-order valence-electron chi connectivity index (χ2n) is 4.08. The van der Waals surface area contributed by atoms with Gasteiger partial charge in [0.1, 0.15) is 0 Å². The Morgan fingerprint density at radius 3 is 2.47 bits per heavy atom. The van der Waals surface area contributed by atoms with E-state index in [0.29, 0.717) is 16.3 Å². The normalized spacial score (nSPS) is 10.3. The second kappa shape index (κ2) is 5.63. The molecule has 0 aliphatic heterocycles. The van der Waals surface area contributed by atoms with E-state index in [1.165, 1.54) is 4.90 Å². The first-order chi connectivity index (χ1) is 8.99. The zero-order valence-electron chi connectivity index (χ0n) is 10.2. The van der Waals surface area contributed by atoms with Crippen molar-refractivity contribution in [3.8, 4) is 0 Å². The quantitative estimate of drug-likeness (QED) is 0.842. The van der Waals surface area contributed by atoms with Gasteiger partial charge in [-0.15, -0.1) is 0 Å². The molecule has 98 valence electrons. The number of anilines is 2. The highest BCUT2D eigenvalue weighted by molar-refractivity contribution is 9.10. The smallest absolute Gasteiger partial charge is 0.259 e. The Morgan fingerprint density at radius 1 is 1.21 bits per heavy atom. The molecular weight excluding hydrogens is 328 g/mol. The predicted octanol–water partition coefficient (Wildman–Crippen LogP) is 3.96. The van der Waals surface area contributed by atoms with Crippen molar-refractivity contribution in [1.29, 1.82) is 0 Å². The van der Waals surface area contributed by atoms with Crippen LogP contribution >= 0.6 is 27.5 Å². The summed E-state index contributed by atoms with van der Waals surface area (Å²) in [6.07, 6.45) is 0. The van der Waals surface area contributed by atoms with Crippen LogP contribution in [0.3, 0.4) is 0 Å². The topological polar surface area (TPSA) is 46.3 Å². The molecule has 2 aromatic carbocycles. The third-order valence-electron chi connectivity index (χ3n) is 2.74. The lowest BCUT2D eigenvalue weighted by Gasteiger charge is -2.18. The molecule has 0 bridgehead atoms. The number of carbonyl (C=O) groups excluding carboxylic acids is 1. The molecule has 0 fully saturated rings. The number of nitrogen functional groups attached to an aromatic ring is 1. The first-order valence-electron chi connectivity index (χ1n) is 5.57. The Morgan fingerprint density at radius 2 is 1.84 bits per heavy atom. The molecule has 0 saturated carbocycles. The van der Waals surface area contributed by atoms with Crippen molar-refractivity contribution < 1.29 is 4.79 Å². The van der Waals surface area contributed by atoms with Crippen molar-refractivity contribution in [2.45, 2.75) is 0 Å². The zero-order chi connectivity index (χ0) is 14.0. The number of halogens is 2. The van der Waals surface area contributed by atoms with Crippen LogP contribution in [0.4, 0.5) is 11.4 Å². The van der Waals surface area contributed by atoms with Crippen LogP contribution in [0.15, 0.2) is 46.9 Å². The van der Waals surface area contributed by atoms with Crippen LogP contribution in [0.25, 0.3) is 0 Å². The number of carbonyl (C=O) groups is 1. The standard InChI is InChI=1S/C14H12BrClN2O/c1-18(11-5-3-10(17)4-6-11)14(19)12-8-9(15)2-7-13(12)16/h2-8H,17H2,1H3. The predicted molar refractivity (Wildman–Crippen MR) is 82.7 cm³/mol. The minimum absolute atomic E-state index is 0.170. The van der Waals surface area contributed by atoms with Crippen molar-refractivity contribution in [2.24, 2.45) is 0 Å². The highest BCUT2D eigenvalue weighted by atomic mass is 79.9. The van der Waals surface area contributed by atoms with Crippen molar-refractivity contribution in [3.05, 3.63) is 57.5 Å². The SMILES string of the molecule is CN(C(=O)c1cc(Br)ccc1Cl)c1ccc(N)cc1. The molecule has 0 aromatic heterocycles. The highest BCUT2D eigenvalue weighted by Crippen LogP contribution is 2.24. The molecule has 0 unspecified atom stereocenters. The number of hydrogen-bond acceptors (Lipinski definition) is 2. The van der Waals surface area contributed by atoms with Crippen LogP contribution in [-0.2, 0) is 0 Å². The fourth-order valence-corrected chi connectivity index (χ4v) is 2.22. The van der Waals surface area contributed by atoms with Gasteiger partial charge in [0.25, 0.3) is 5.91 Å². The summed E-state index contributed by atoms with van der Waals surface area (Å²) >= 11 is 9.39. The maximum atomic E-state index is 12.4. The summed E-state index contributed by atoms with van der Waals surface area (Å²) < 4.78 is 0.811. The van der Waals surface area contributed by atoms with Crippen LogP contribution in [0.2, 0.25) is 5.02 Å². The van der Waals surface area contributed by atoms with Gasteiger partial charge in [-0.3, -0.25) is 4.79 Å². The van der Waals surface area contributed by atoms with Crippen LogP contribution in [-0.4, -0.2) is 13.0 Å². The van der Waals surface area contributed by atoms with Crippen LogP contribution in [0.1, 0.15) is 10.4 Å². The van der Waals surface area contributed by atoms with E-state index >= 15 is 0 Å². The zero-order valence-corrected chi connectivity index (χ0v) is 12.6. The van der Waals surface area contributed by atoms with Crippen molar-refractivity contribution in [1.82, 2.24) is 0 Å². The molecule has 2 aromatic rings. The van der Waals surface area contributed by atoms with E-state index in [2.05, 4.69) is 15.9 Å². The average molecular weight is 340 g/mol. The van der Waals surface area contributed by atoms with Gasteiger partial charge in [0.15, 0.2) is 0 Å². The lowest BCUT2D eigenvalue weighted by molar-refractivity contribution is 0.0993. The van der Waals surface area contributed by atoms with Gasteiger partial charge in [0.2, 0.25) is 0 Å². The molecule has 0 saturated heterocycles. The van der Waals surface area contributed by atoms with E-state index in [9.17, 15) is 4.79 Å². The lowest BCUT2D eigenvalue weighted by Crippen LogP contribution is -2.26. The number of benzene rings is 2. The summed E-state index contributed by atoms with van der Waals surface area (Å²) in [7, 11) is 1.70. The molecule has 2 rings (SSSR count). The Labute approximate surface area is 125 Å². The average Bonchev–Trinajstić information content (AvgIpc) is 2.41. The molecular formula is C14H12BrClN2O. The first-order valence-corrected chi connectivity index (χ1v) is 6.75. The number of rotatable bonds is 2. The van der Waals surface area contributed by atoms with Gasteiger partial charge >= 0.3 is 0 Å². The lowest BCUT2D eigenvalue weighted by atomic mass is 10.2. The van der Waals surface area contributed by atoms with Gasteiger partial charge in [-0.1, -0.05) is 27.5 Å². The van der Waals surface area contributed by atoms with Gasteiger partial charge in [-0.2, -0.15) is 0 Å². The number of nitrogens with two attached hydrogens (primary N) is 1. The molecule has 0 spiro atoms. The number of nitrogens with zero attached hydrogens (tertiary/aromatic N) is 1. The Balaban J connectivity index is 2.33. The van der Waals surface area contributed by atoms with Gasteiger partial charge in [-0.25, -0.2) is 0 Å². The summed E-state index contributed by atoms with van der Waals surface area (Å²) in [6, 6.07) is 12.3. The largest absolute Gasteiger partial charge is 0.399 e. The summed E-state index contributed by atoms with van der Waals surface area (Å²) in [6.45, 7) is 0. The Kier molecular flexibility index (Phi) is 4.12. The van der Waals surface area contributed by atoms with Gasteiger partial charge in [0, 0.05) is 22.9 Å². The molecule has 0 aliphatic carbocycles. The van der Waals surface area contributed by atoms with E-state index in [1.54, 1.807) is 49.5 Å². The monoisotopic (exact) mass is 338 g/mol. The number of amides is 1. The summed E-state index contributed by atoms with van der Waals surface area (Å²) in [5.74, 6) is -0.170. The molecule has 0 heterocycles. The van der Waals surface area contributed by atoms with E-state index in [1.807, 2.05) is 0 Å². The molecule has 0 radical (unpaired) electrons. The first kappa shape index (κ1) is 13.9. The minimum Gasteiger partial charge on any atom is -0.399 e. The molecule has 0 atom stereocenters. The Bertz CT molecular complexity index is 613. The molecule has 19 heavy (non-hydrogen) atoms. The van der Waals surface area contributed by atoms with E-state index in [4.69, 9.17) is 17.3 Å². The summed E-state index contributed by atoms with van der Waals surface area (Å²) in [4.78, 5) is 13.9. The highest BCUT2D eigenvalue weighted by Gasteiger charge is 2.16. The Hall–Kier alpha value is -1.52. The van der Waals surface area contributed by atoms with E-state index < -0.39 is 0 Å². The second-order valence-corrected chi connectivity index (χ2v) is 5.40. The summed E-state index contributed by atoms with van der Waals surface area (Å²) in [5, 5.41) is 0.426. The third kappa shape index (κ3) is 3.08. The third-order valence-corrected chi connectivity index (χ3v) is 3.57. The minimum atomic E-state index is -0.170. The molecule has 1 amide bonds. The van der Waals surface area contributed by atoms with E-state index in [0.717, 1.165) is 10.2 Å². The molecule has 2 N–H and O–H groups in total. The van der Waals surface area contributed by atoms with Crippen molar-refractivity contribution >= 4 is 44.8 Å². The van der Waals surface area contributed by atoms with Gasteiger partial charge in [0.05, 0.1) is 10.6 Å². The maximum Gasteiger partial charge on any atom is 0.259 e. The van der Waals surface area contributed by atoms with Crippen LogP contribution in [0.5, 0.6) is 0 Å².